The lowest BCUT2D eigenvalue weighted by Crippen LogP contribution is -2.39. The number of alkyl halides is 5. The molecule has 15 heavy (non-hydrogen) atoms. The highest BCUT2D eigenvalue weighted by molar-refractivity contribution is 5.73. The molecule has 0 aliphatic carbocycles. The van der Waals surface area contributed by atoms with Crippen molar-refractivity contribution in [2.45, 2.75) is 31.5 Å². The zero-order valence-electron chi connectivity index (χ0n) is 7.52. The number of carboxylic acid groups (broad SMARTS) is 1. The van der Waals surface area contributed by atoms with Crippen LogP contribution < -0.4 is 5.32 Å². The monoisotopic (exact) mass is 235 g/mol. The van der Waals surface area contributed by atoms with Gasteiger partial charge in [0.2, 0.25) is 0 Å². The van der Waals surface area contributed by atoms with Crippen LogP contribution in [0.5, 0.6) is 0 Å². The van der Waals surface area contributed by atoms with Crippen molar-refractivity contribution in [2.75, 3.05) is 6.54 Å². The van der Waals surface area contributed by atoms with Crippen LogP contribution in [0.25, 0.3) is 0 Å². The molecule has 0 spiro atoms. The van der Waals surface area contributed by atoms with Crippen molar-refractivity contribution in [2.24, 2.45) is 0 Å². The van der Waals surface area contributed by atoms with E-state index < -0.39 is 24.6 Å². The van der Waals surface area contributed by atoms with Crippen LogP contribution in [-0.2, 0) is 4.79 Å². The summed E-state index contributed by atoms with van der Waals surface area (Å²) in [5.41, 5.74) is 0. The van der Waals surface area contributed by atoms with Crippen molar-refractivity contribution in [3.05, 3.63) is 0 Å². The largest absolute Gasteiger partial charge is 0.490 e. The van der Waals surface area contributed by atoms with Gasteiger partial charge in [0.25, 0.3) is 0 Å². The van der Waals surface area contributed by atoms with Crippen molar-refractivity contribution in [3.8, 4) is 0 Å². The number of hydrogen-bond acceptors (Lipinski definition) is 2. The molecular formula is C7H10F5NO2. The number of aliphatic carboxylic acids is 1. The number of halogens is 5. The maximum atomic E-state index is 12.1. The maximum Gasteiger partial charge on any atom is 0.490 e. The van der Waals surface area contributed by atoms with E-state index in [9.17, 15) is 22.0 Å². The van der Waals surface area contributed by atoms with Crippen molar-refractivity contribution < 1.29 is 31.9 Å². The summed E-state index contributed by atoms with van der Waals surface area (Å²) in [5, 5.41) is 9.52. The van der Waals surface area contributed by atoms with Crippen LogP contribution in [-0.4, -0.2) is 36.3 Å². The Morgan fingerprint density at radius 1 is 1.33 bits per heavy atom. The zero-order chi connectivity index (χ0) is 12.1. The molecular weight excluding hydrogens is 225 g/mol. The van der Waals surface area contributed by atoms with Crippen molar-refractivity contribution in [1.82, 2.24) is 5.32 Å². The van der Waals surface area contributed by atoms with Gasteiger partial charge < -0.3 is 5.11 Å². The van der Waals surface area contributed by atoms with Crippen LogP contribution >= 0.6 is 0 Å². The molecule has 1 rings (SSSR count). The SMILES string of the molecule is FC1CCCNC1F.O=C(O)C(F)(F)F. The number of rotatable bonds is 0. The lowest BCUT2D eigenvalue weighted by Gasteiger charge is -2.19. The van der Waals surface area contributed by atoms with Crippen LogP contribution in [0.1, 0.15) is 12.8 Å². The van der Waals surface area contributed by atoms with Crippen molar-refractivity contribution >= 4 is 5.97 Å². The van der Waals surface area contributed by atoms with Gasteiger partial charge in [0.05, 0.1) is 0 Å². The molecule has 2 atom stereocenters. The first kappa shape index (κ1) is 14.1. The summed E-state index contributed by atoms with van der Waals surface area (Å²) in [4.78, 5) is 8.90. The van der Waals surface area contributed by atoms with Crippen LogP contribution in [0.15, 0.2) is 0 Å². The number of nitrogens with one attached hydrogen (secondary N) is 1. The van der Waals surface area contributed by atoms with E-state index in [0.29, 0.717) is 13.0 Å². The van der Waals surface area contributed by atoms with E-state index in [1.807, 2.05) is 0 Å². The summed E-state index contributed by atoms with van der Waals surface area (Å²) in [6.45, 7) is 0.613. The Morgan fingerprint density at radius 2 is 1.80 bits per heavy atom. The number of carboxylic acids is 1. The molecule has 0 saturated carbocycles. The molecule has 90 valence electrons. The molecule has 3 nitrogen and oxygen atoms in total. The molecule has 1 saturated heterocycles. The van der Waals surface area contributed by atoms with Gasteiger partial charge >= 0.3 is 12.1 Å². The second-order valence-electron chi connectivity index (χ2n) is 2.82. The molecule has 0 aromatic carbocycles. The van der Waals surface area contributed by atoms with Gasteiger partial charge in [0, 0.05) is 0 Å². The Bertz CT molecular complexity index is 198. The Labute approximate surface area is 82.3 Å². The molecule has 8 heteroatoms. The van der Waals surface area contributed by atoms with E-state index in [-0.39, 0.29) is 0 Å². The van der Waals surface area contributed by atoms with Crippen molar-refractivity contribution in [3.63, 3.8) is 0 Å². The molecule has 2 N–H and O–H groups in total. The fourth-order valence-corrected chi connectivity index (χ4v) is 0.811. The first-order chi connectivity index (χ1) is 6.75. The minimum Gasteiger partial charge on any atom is -0.475 e. The summed E-state index contributed by atoms with van der Waals surface area (Å²) in [6, 6.07) is 0. The summed E-state index contributed by atoms with van der Waals surface area (Å²) < 4.78 is 56.0. The molecule has 0 bridgehead atoms. The van der Waals surface area contributed by atoms with Crippen LogP contribution in [0, 0.1) is 0 Å². The van der Waals surface area contributed by atoms with Crippen LogP contribution in [0.2, 0.25) is 0 Å². The number of carbonyl (C=O) groups is 1. The lowest BCUT2D eigenvalue weighted by molar-refractivity contribution is -0.192. The van der Waals surface area contributed by atoms with E-state index in [1.54, 1.807) is 0 Å². The Balaban J connectivity index is 0.000000265. The van der Waals surface area contributed by atoms with E-state index in [4.69, 9.17) is 9.90 Å². The second kappa shape index (κ2) is 5.84. The molecule has 0 aromatic rings. The summed E-state index contributed by atoms with van der Waals surface area (Å²) in [5.74, 6) is -2.76. The average molecular weight is 235 g/mol. The third-order valence-corrected chi connectivity index (χ3v) is 1.56. The van der Waals surface area contributed by atoms with Gasteiger partial charge in [-0.3, -0.25) is 5.32 Å². The van der Waals surface area contributed by atoms with Gasteiger partial charge in [-0.15, -0.1) is 0 Å². The molecule has 0 aromatic heterocycles. The Kier molecular flexibility index (Phi) is 5.48. The van der Waals surface area contributed by atoms with Gasteiger partial charge in [-0.05, 0) is 19.4 Å². The molecule has 1 aliphatic rings. The smallest absolute Gasteiger partial charge is 0.475 e. The Hall–Kier alpha value is -0.920. The zero-order valence-corrected chi connectivity index (χ0v) is 7.52. The molecule has 2 unspecified atom stereocenters. The van der Waals surface area contributed by atoms with Crippen LogP contribution in [0.3, 0.4) is 0 Å². The first-order valence-electron chi connectivity index (χ1n) is 4.06. The topological polar surface area (TPSA) is 49.3 Å². The van der Waals surface area contributed by atoms with Gasteiger partial charge in [-0.1, -0.05) is 0 Å². The summed E-state index contributed by atoms with van der Waals surface area (Å²) in [7, 11) is 0. The van der Waals surface area contributed by atoms with E-state index in [1.165, 1.54) is 0 Å². The van der Waals surface area contributed by atoms with Gasteiger partial charge in [0.15, 0.2) is 6.30 Å². The highest BCUT2D eigenvalue weighted by atomic mass is 19.4. The third kappa shape index (κ3) is 6.21. The van der Waals surface area contributed by atoms with Gasteiger partial charge in [-0.2, -0.15) is 13.2 Å². The highest BCUT2D eigenvalue weighted by Crippen LogP contribution is 2.13. The standard InChI is InChI=1S/C5H9F2N.C2HF3O2/c6-4-2-1-3-8-5(4)7;3-2(4,5)1(6)7/h4-5,8H,1-3H2;(H,6,7). The minimum absolute atomic E-state index is 0.369. The first-order valence-corrected chi connectivity index (χ1v) is 4.06. The summed E-state index contributed by atoms with van der Waals surface area (Å²) >= 11 is 0. The normalized spacial score (nSPS) is 26.5. The van der Waals surface area contributed by atoms with E-state index in [0.717, 1.165) is 6.42 Å². The predicted molar refractivity (Wildman–Crippen MR) is 40.7 cm³/mol. The van der Waals surface area contributed by atoms with E-state index in [2.05, 4.69) is 5.32 Å². The quantitative estimate of drug-likeness (QED) is 0.495. The minimum atomic E-state index is -5.08. The van der Waals surface area contributed by atoms with Crippen molar-refractivity contribution in [1.29, 1.82) is 0 Å². The fourth-order valence-electron chi connectivity index (χ4n) is 0.811. The van der Waals surface area contributed by atoms with E-state index >= 15 is 0 Å². The van der Waals surface area contributed by atoms with Crippen LogP contribution in [0.4, 0.5) is 22.0 Å². The average Bonchev–Trinajstić information content (AvgIpc) is 2.09. The van der Waals surface area contributed by atoms with Gasteiger partial charge in [-0.25, -0.2) is 13.6 Å². The molecule has 1 aliphatic heterocycles. The second-order valence-corrected chi connectivity index (χ2v) is 2.82. The highest BCUT2D eigenvalue weighted by Gasteiger charge is 2.38. The maximum absolute atomic E-state index is 12.1. The molecule has 0 amide bonds. The summed E-state index contributed by atoms with van der Waals surface area (Å²) in [6.07, 6.45) is -6.65. The van der Waals surface area contributed by atoms with Gasteiger partial charge in [0.1, 0.15) is 6.17 Å². The molecule has 0 radical (unpaired) electrons. The third-order valence-electron chi connectivity index (χ3n) is 1.56. The predicted octanol–water partition coefficient (Wildman–Crippen LogP) is 1.64. The number of hydrogen-bond donors (Lipinski definition) is 2. The number of piperidine rings is 1. The fraction of sp³-hybridized carbons (Fsp3) is 0.857. The lowest BCUT2D eigenvalue weighted by atomic mass is 10.1. The Morgan fingerprint density at radius 3 is 2.00 bits per heavy atom. The molecule has 1 heterocycles. The molecule has 1 fully saturated rings.